The normalized spacial score (nSPS) is 13.2. The number of amides is 1. The van der Waals surface area contributed by atoms with E-state index in [0.29, 0.717) is 16.4 Å². The number of hydrogen-bond acceptors (Lipinski definition) is 3. The molecule has 7 heteroatoms. The van der Waals surface area contributed by atoms with Gasteiger partial charge in [-0.1, -0.05) is 11.6 Å². The first-order valence-electron chi connectivity index (χ1n) is 5.85. The Bertz CT molecular complexity index is 752. The second-order valence-corrected chi connectivity index (χ2v) is 4.97. The molecular weight excluding hydrogens is 282 g/mol. The number of halogens is 1. The fourth-order valence-electron chi connectivity index (χ4n) is 2.29. The van der Waals surface area contributed by atoms with Crippen LogP contribution in [-0.2, 0) is 18.3 Å². The van der Waals surface area contributed by atoms with Gasteiger partial charge in [-0.3, -0.25) is 9.48 Å². The van der Waals surface area contributed by atoms with E-state index < -0.39 is 5.97 Å². The lowest BCUT2D eigenvalue weighted by Crippen LogP contribution is -2.03. The molecule has 20 heavy (non-hydrogen) atoms. The Morgan fingerprint density at radius 3 is 2.85 bits per heavy atom. The van der Waals surface area contributed by atoms with Crippen LogP contribution in [0.15, 0.2) is 18.2 Å². The predicted molar refractivity (Wildman–Crippen MR) is 72.9 cm³/mol. The Balaban J connectivity index is 2.12. The zero-order valence-corrected chi connectivity index (χ0v) is 11.2. The molecule has 1 amide bonds. The molecular formula is C13H10ClN3O3. The summed E-state index contributed by atoms with van der Waals surface area (Å²) in [5.74, 6) is -1.19. The summed E-state index contributed by atoms with van der Waals surface area (Å²) in [6.45, 7) is 0. The van der Waals surface area contributed by atoms with Gasteiger partial charge in [-0.2, -0.15) is 5.10 Å². The number of carbonyl (C=O) groups excluding carboxylic acids is 1. The molecule has 0 saturated heterocycles. The number of aryl methyl sites for hydroxylation is 1. The molecule has 1 aliphatic heterocycles. The maximum Gasteiger partial charge on any atom is 0.356 e. The predicted octanol–water partition coefficient (Wildman–Crippen LogP) is 1.93. The molecule has 3 rings (SSSR count). The highest BCUT2D eigenvalue weighted by atomic mass is 35.5. The van der Waals surface area contributed by atoms with Crippen molar-refractivity contribution >= 4 is 29.2 Å². The van der Waals surface area contributed by atoms with Gasteiger partial charge in [-0.15, -0.1) is 0 Å². The summed E-state index contributed by atoms with van der Waals surface area (Å²) >= 11 is 6.15. The van der Waals surface area contributed by atoms with Crippen LogP contribution < -0.4 is 5.32 Å². The zero-order valence-electron chi connectivity index (χ0n) is 10.5. The monoisotopic (exact) mass is 291 g/mol. The molecule has 2 heterocycles. The van der Waals surface area contributed by atoms with Gasteiger partial charge in [0.1, 0.15) is 0 Å². The van der Waals surface area contributed by atoms with Crippen molar-refractivity contribution in [3.05, 3.63) is 34.5 Å². The van der Waals surface area contributed by atoms with Gasteiger partial charge in [0, 0.05) is 12.6 Å². The molecule has 102 valence electrons. The van der Waals surface area contributed by atoms with Crippen molar-refractivity contribution in [1.29, 1.82) is 0 Å². The number of aromatic nitrogens is 2. The Hall–Kier alpha value is -2.34. The Labute approximate surface area is 119 Å². The number of nitrogens with one attached hydrogen (secondary N) is 1. The molecule has 2 aromatic rings. The molecule has 1 aliphatic rings. The summed E-state index contributed by atoms with van der Waals surface area (Å²) in [5.41, 5.74) is 2.75. The number of anilines is 1. The number of hydrogen-bond donors (Lipinski definition) is 2. The molecule has 6 nitrogen and oxygen atoms in total. The number of carboxylic acid groups (broad SMARTS) is 1. The molecule has 2 N–H and O–H groups in total. The van der Waals surface area contributed by atoms with Gasteiger partial charge in [0.05, 0.1) is 22.8 Å². The standard InChI is InChI=1S/C13H10ClN3O3/c1-17-10(5-9(16-17)13(19)20)6-2-7-4-11(18)15-12(7)8(14)3-6/h2-3,5H,4H2,1H3,(H,15,18)(H,19,20). The lowest BCUT2D eigenvalue weighted by Gasteiger charge is -2.07. The van der Waals surface area contributed by atoms with Crippen LogP contribution in [0.4, 0.5) is 5.69 Å². The molecule has 0 saturated carbocycles. The van der Waals surface area contributed by atoms with Crippen LogP contribution in [0.5, 0.6) is 0 Å². The van der Waals surface area contributed by atoms with Crippen molar-refractivity contribution in [3.8, 4) is 11.3 Å². The van der Waals surface area contributed by atoms with Gasteiger partial charge in [0.25, 0.3) is 0 Å². The summed E-state index contributed by atoms with van der Waals surface area (Å²) in [5, 5.41) is 16.0. The molecule has 1 aromatic heterocycles. The lowest BCUT2D eigenvalue weighted by molar-refractivity contribution is -0.115. The second kappa shape index (κ2) is 4.35. The topological polar surface area (TPSA) is 84.2 Å². The number of fused-ring (bicyclic) bond motifs is 1. The van der Waals surface area contributed by atoms with E-state index in [1.807, 2.05) is 6.07 Å². The van der Waals surface area contributed by atoms with E-state index in [4.69, 9.17) is 16.7 Å². The summed E-state index contributed by atoms with van der Waals surface area (Å²) in [7, 11) is 1.66. The fourth-order valence-corrected chi connectivity index (χ4v) is 2.58. The average molecular weight is 292 g/mol. The van der Waals surface area contributed by atoms with Crippen molar-refractivity contribution < 1.29 is 14.7 Å². The fraction of sp³-hybridized carbons (Fsp3) is 0.154. The number of rotatable bonds is 2. The van der Waals surface area contributed by atoms with Gasteiger partial charge in [-0.05, 0) is 23.8 Å². The van der Waals surface area contributed by atoms with E-state index >= 15 is 0 Å². The minimum atomic E-state index is -1.09. The van der Waals surface area contributed by atoms with Gasteiger partial charge in [0.15, 0.2) is 5.69 Å². The maximum absolute atomic E-state index is 11.4. The van der Waals surface area contributed by atoms with Crippen LogP contribution in [0.2, 0.25) is 5.02 Å². The first-order valence-corrected chi connectivity index (χ1v) is 6.23. The Morgan fingerprint density at radius 2 is 2.20 bits per heavy atom. The molecule has 1 aromatic carbocycles. The third-order valence-corrected chi connectivity index (χ3v) is 3.48. The molecule has 0 fully saturated rings. The third-order valence-electron chi connectivity index (χ3n) is 3.18. The van der Waals surface area contributed by atoms with E-state index in [1.54, 1.807) is 13.1 Å². The second-order valence-electron chi connectivity index (χ2n) is 4.56. The maximum atomic E-state index is 11.4. The van der Waals surface area contributed by atoms with Crippen molar-refractivity contribution in [3.63, 3.8) is 0 Å². The summed E-state index contributed by atoms with van der Waals surface area (Å²) in [6.07, 6.45) is 0.270. The average Bonchev–Trinajstić information content (AvgIpc) is 2.92. The largest absolute Gasteiger partial charge is 0.476 e. The van der Waals surface area contributed by atoms with Crippen LogP contribution in [0.25, 0.3) is 11.3 Å². The Morgan fingerprint density at radius 1 is 1.45 bits per heavy atom. The molecule has 0 radical (unpaired) electrons. The van der Waals surface area contributed by atoms with E-state index in [0.717, 1.165) is 11.1 Å². The molecule has 0 aliphatic carbocycles. The molecule has 0 bridgehead atoms. The highest BCUT2D eigenvalue weighted by Crippen LogP contribution is 2.35. The highest BCUT2D eigenvalue weighted by molar-refractivity contribution is 6.34. The van der Waals surface area contributed by atoms with Gasteiger partial charge < -0.3 is 10.4 Å². The van der Waals surface area contributed by atoms with Crippen LogP contribution in [0.1, 0.15) is 16.1 Å². The zero-order chi connectivity index (χ0) is 14.4. The molecule has 0 atom stereocenters. The molecule has 0 spiro atoms. The number of aromatic carboxylic acids is 1. The number of carbonyl (C=O) groups is 2. The Kier molecular flexibility index (Phi) is 2.76. The van der Waals surface area contributed by atoms with Crippen molar-refractivity contribution in [2.45, 2.75) is 6.42 Å². The van der Waals surface area contributed by atoms with Crippen molar-refractivity contribution in [1.82, 2.24) is 9.78 Å². The summed E-state index contributed by atoms with van der Waals surface area (Å²) in [4.78, 5) is 22.3. The smallest absolute Gasteiger partial charge is 0.356 e. The van der Waals surface area contributed by atoms with E-state index in [1.165, 1.54) is 10.7 Å². The lowest BCUT2D eigenvalue weighted by atomic mass is 10.1. The van der Waals surface area contributed by atoms with E-state index in [2.05, 4.69) is 10.4 Å². The van der Waals surface area contributed by atoms with Gasteiger partial charge in [0.2, 0.25) is 5.91 Å². The SMILES string of the molecule is Cn1nc(C(=O)O)cc1-c1cc(Cl)c2c(c1)CC(=O)N2. The minimum absolute atomic E-state index is 0.0340. The van der Waals surface area contributed by atoms with Gasteiger partial charge >= 0.3 is 5.97 Å². The summed E-state index contributed by atoms with van der Waals surface area (Å²) < 4.78 is 1.48. The highest BCUT2D eigenvalue weighted by Gasteiger charge is 2.22. The van der Waals surface area contributed by atoms with Crippen LogP contribution >= 0.6 is 11.6 Å². The van der Waals surface area contributed by atoms with Crippen LogP contribution in [-0.4, -0.2) is 26.8 Å². The van der Waals surface area contributed by atoms with E-state index in [-0.39, 0.29) is 18.0 Å². The first-order chi connectivity index (χ1) is 9.45. The van der Waals surface area contributed by atoms with Gasteiger partial charge in [-0.25, -0.2) is 4.79 Å². The van der Waals surface area contributed by atoms with Crippen molar-refractivity contribution in [2.24, 2.45) is 7.05 Å². The quantitative estimate of drug-likeness (QED) is 0.885. The number of nitrogens with zero attached hydrogens (tertiary/aromatic N) is 2. The number of benzene rings is 1. The van der Waals surface area contributed by atoms with Crippen LogP contribution in [0, 0.1) is 0 Å². The molecule has 0 unspecified atom stereocenters. The number of carboxylic acids is 1. The van der Waals surface area contributed by atoms with Crippen molar-refractivity contribution in [2.75, 3.05) is 5.32 Å². The van der Waals surface area contributed by atoms with E-state index in [9.17, 15) is 9.59 Å². The third kappa shape index (κ3) is 1.94. The van der Waals surface area contributed by atoms with Crippen LogP contribution in [0.3, 0.4) is 0 Å². The summed E-state index contributed by atoms with van der Waals surface area (Å²) in [6, 6.07) is 4.99. The minimum Gasteiger partial charge on any atom is -0.476 e. The first kappa shape index (κ1) is 12.7.